The van der Waals surface area contributed by atoms with Crippen LogP contribution in [0.15, 0.2) is 94.4 Å². The fourth-order valence-electron chi connectivity index (χ4n) is 4.03. The molecule has 0 fully saturated rings. The van der Waals surface area contributed by atoms with Crippen molar-refractivity contribution in [3.05, 3.63) is 90.0 Å². The molecule has 1 aliphatic rings. The first kappa shape index (κ1) is 29.6. The van der Waals surface area contributed by atoms with Gasteiger partial charge in [-0.25, -0.2) is 12.7 Å². The molecule has 3 aromatic rings. The van der Waals surface area contributed by atoms with Gasteiger partial charge in [-0.05, 0) is 78.5 Å². The number of rotatable bonds is 9. The average Bonchev–Trinajstić information content (AvgIpc) is 2.94. The number of aliphatic imine (C=N–C) groups is 1. The van der Waals surface area contributed by atoms with Crippen LogP contribution in [-0.4, -0.2) is 56.0 Å². The lowest BCUT2D eigenvalue weighted by Gasteiger charge is -2.33. The van der Waals surface area contributed by atoms with E-state index in [1.54, 1.807) is 38.9 Å². The van der Waals surface area contributed by atoms with Gasteiger partial charge in [-0.15, -0.1) is 0 Å². The molecule has 1 aliphatic heterocycles. The second kappa shape index (κ2) is 11.6. The van der Waals surface area contributed by atoms with E-state index < -0.39 is 21.2 Å². The Labute approximate surface area is 238 Å². The van der Waals surface area contributed by atoms with Gasteiger partial charge in [-0.2, -0.15) is 0 Å². The number of nitrogens with zero attached hydrogens (tertiary/aromatic N) is 2. The maximum absolute atomic E-state index is 14.1. The van der Waals surface area contributed by atoms with Gasteiger partial charge in [-0.1, -0.05) is 48.6 Å². The molecule has 0 aliphatic carbocycles. The molecule has 7 nitrogen and oxygen atoms in total. The van der Waals surface area contributed by atoms with Crippen LogP contribution in [0.5, 0.6) is 5.75 Å². The summed E-state index contributed by atoms with van der Waals surface area (Å²) >= 11 is 0. The maximum Gasteiger partial charge on any atom is 0.331 e. The average molecular weight is 561 g/mol. The molecule has 0 bridgehead atoms. The topological polar surface area (TPSA) is 91.1 Å². The van der Waals surface area contributed by atoms with E-state index in [9.17, 15) is 8.42 Å². The van der Waals surface area contributed by atoms with E-state index in [2.05, 4.69) is 4.99 Å². The number of benzene rings is 3. The van der Waals surface area contributed by atoms with Crippen molar-refractivity contribution in [2.45, 2.75) is 57.3 Å². The van der Waals surface area contributed by atoms with E-state index in [1.165, 1.54) is 4.31 Å². The summed E-state index contributed by atoms with van der Waals surface area (Å²) in [7, 11) is -0.712. The molecule has 0 unspecified atom stereocenters. The molecule has 0 spiro atoms. The number of dihydropyridines is 1. The second-order valence-corrected chi connectivity index (χ2v) is 12.7. The van der Waals surface area contributed by atoms with Gasteiger partial charge in [0.25, 0.3) is 10.0 Å². The Hall–Kier alpha value is -3.40. The number of amidine groups is 1. The molecule has 3 aromatic carbocycles. The lowest BCUT2D eigenvalue weighted by atomic mass is 9.80. The predicted octanol–water partition coefficient (Wildman–Crippen LogP) is 4.50. The fraction of sp³-hybridized carbons (Fsp3) is 0.323. The minimum atomic E-state index is -3.96. The molecule has 0 saturated carbocycles. The largest absolute Gasteiger partial charge is 0.497 e. The molecular weight excluding hydrogens is 523 g/mol. The molecule has 2 N–H and O–H groups in total. The Balaban J connectivity index is 1.70. The minimum absolute atomic E-state index is 0.123. The van der Waals surface area contributed by atoms with Crippen LogP contribution in [0.25, 0.3) is 10.8 Å². The molecular formula is C31H37BN2O5S+. The standard InChI is InChI=1S/C31H36BN2O5S/c1-7-22-13-18-29(33-20-22)34(21-23-11-14-25(38-6)15-12-23)40(36,37)26-16-17-27-24(19-26)9-8-10-28(27)32-39-31(4,5)30(2,3)35/h7-19,35H,20-21H2,1-6H3/p+1/b22-7-. The van der Waals surface area contributed by atoms with Crippen LogP contribution in [0.4, 0.5) is 0 Å². The Kier molecular flexibility index (Phi) is 8.59. The van der Waals surface area contributed by atoms with Crippen LogP contribution < -0.4 is 10.2 Å². The summed E-state index contributed by atoms with van der Waals surface area (Å²) in [5.74, 6) is 1.09. The van der Waals surface area contributed by atoms with Crippen LogP contribution in [0.2, 0.25) is 0 Å². The maximum atomic E-state index is 14.1. The number of methoxy groups -OCH3 is 1. The Morgan fingerprint density at radius 1 is 1.05 bits per heavy atom. The highest BCUT2D eigenvalue weighted by Gasteiger charge is 2.40. The van der Waals surface area contributed by atoms with Gasteiger partial charge in [0.15, 0.2) is 5.60 Å². The van der Waals surface area contributed by atoms with E-state index in [0.29, 0.717) is 18.1 Å². The first-order chi connectivity index (χ1) is 18.9. The van der Waals surface area contributed by atoms with Gasteiger partial charge in [0.05, 0.1) is 25.1 Å². The molecule has 0 saturated heterocycles. The number of sulfonamides is 1. The van der Waals surface area contributed by atoms with Gasteiger partial charge in [0.2, 0.25) is 0 Å². The normalized spacial score (nSPS) is 15.3. The summed E-state index contributed by atoms with van der Waals surface area (Å²) in [5.41, 5.74) is 1.12. The van der Waals surface area contributed by atoms with E-state index in [0.717, 1.165) is 27.4 Å². The molecule has 1 radical (unpaired) electrons. The molecule has 4 rings (SSSR count). The van der Waals surface area contributed by atoms with Crippen molar-refractivity contribution in [3.63, 3.8) is 0 Å². The second-order valence-electron chi connectivity index (χ2n) is 10.8. The molecule has 40 heavy (non-hydrogen) atoms. The van der Waals surface area contributed by atoms with Crippen molar-refractivity contribution in [3.8, 4) is 5.75 Å². The summed E-state index contributed by atoms with van der Waals surface area (Å²) < 4.78 is 40.9. The van der Waals surface area contributed by atoms with Gasteiger partial charge in [0, 0.05) is 13.8 Å². The smallest absolute Gasteiger partial charge is 0.331 e. The highest BCUT2D eigenvalue weighted by Crippen LogP contribution is 2.27. The van der Waals surface area contributed by atoms with Crippen molar-refractivity contribution in [2.24, 2.45) is 4.99 Å². The lowest BCUT2D eigenvalue weighted by Crippen LogP contribution is -2.49. The number of hydrogen-bond acceptors (Lipinski definition) is 5. The summed E-state index contributed by atoms with van der Waals surface area (Å²) in [6, 6.07) is 18.1. The number of hydrogen-bond donors (Lipinski definition) is 0. The first-order valence-electron chi connectivity index (χ1n) is 13.2. The lowest BCUT2D eigenvalue weighted by molar-refractivity contribution is -0.0893. The Bertz CT molecular complexity index is 1570. The van der Waals surface area contributed by atoms with E-state index in [-0.39, 0.29) is 11.4 Å². The Morgan fingerprint density at radius 2 is 1.77 bits per heavy atom. The zero-order chi connectivity index (χ0) is 29.1. The van der Waals surface area contributed by atoms with Crippen LogP contribution in [0.1, 0.15) is 40.2 Å². The van der Waals surface area contributed by atoms with Gasteiger partial charge < -0.3 is 14.5 Å². The highest BCUT2D eigenvalue weighted by atomic mass is 32.2. The van der Waals surface area contributed by atoms with Crippen molar-refractivity contribution >= 4 is 39.6 Å². The summed E-state index contributed by atoms with van der Waals surface area (Å²) in [6.07, 6.45) is 5.62. The molecule has 1 heterocycles. The predicted molar refractivity (Wildman–Crippen MR) is 163 cm³/mol. The molecule has 9 heteroatoms. The van der Waals surface area contributed by atoms with Crippen molar-refractivity contribution in [2.75, 3.05) is 13.7 Å². The minimum Gasteiger partial charge on any atom is -0.497 e. The SMILES string of the molecule is C/C=C1/C=CC(N(Cc2ccc(OC)cc2)S(=O)(=O)c2ccc3c([B]OC(C)(C)C(C)(C)[OH2+])cccc3c2)=NC1. The van der Waals surface area contributed by atoms with E-state index >= 15 is 0 Å². The van der Waals surface area contributed by atoms with E-state index in [4.69, 9.17) is 14.5 Å². The van der Waals surface area contributed by atoms with Crippen LogP contribution in [0.3, 0.4) is 0 Å². The summed E-state index contributed by atoms with van der Waals surface area (Å²) in [4.78, 5) is 4.77. The third kappa shape index (κ3) is 6.32. The van der Waals surface area contributed by atoms with E-state index in [1.807, 2.05) is 89.2 Å². The van der Waals surface area contributed by atoms with Crippen LogP contribution >= 0.6 is 0 Å². The van der Waals surface area contributed by atoms with Gasteiger partial charge in [-0.3, -0.25) is 4.99 Å². The van der Waals surface area contributed by atoms with Crippen LogP contribution in [0, 0.1) is 0 Å². The number of fused-ring (bicyclic) bond motifs is 1. The quantitative estimate of drug-likeness (QED) is 0.285. The molecule has 0 atom stereocenters. The fourth-order valence-corrected chi connectivity index (χ4v) is 5.48. The number of ether oxygens (including phenoxy) is 1. The summed E-state index contributed by atoms with van der Waals surface area (Å²) in [5, 5.41) is 9.99. The number of allylic oxidation sites excluding steroid dienone is 1. The van der Waals surface area contributed by atoms with Crippen LogP contribution in [-0.2, 0) is 21.2 Å². The van der Waals surface area contributed by atoms with Crippen molar-refractivity contribution in [1.82, 2.24) is 4.31 Å². The third-order valence-corrected chi connectivity index (χ3v) is 9.19. The van der Waals surface area contributed by atoms with Crippen molar-refractivity contribution < 1.29 is 22.9 Å². The third-order valence-electron chi connectivity index (χ3n) is 7.44. The first-order valence-corrected chi connectivity index (χ1v) is 14.6. The van der Waals surface area contributed by atoms with Gasteiger partial charge in [0.1, 0.15) is 17.2 Å². The molecule has 0 aromatic heterocycles. The zero-order valence-electron chi connectivity index (χ0n) is 23.9. The van der Waals surface area contributed by atoms with Gasteiger partial charge >= 0.3 is 7.48 Å². The Morgan fingerprint density at radius 3 is 2.38 bits per heavy atom. The monoisotopic (exact) mass is 560 g/mol. The molecule has 0 amide bonds. The van der Waals surface area contributed by atoms with Crippen molar-refractivity contribution in [1.29, 1.82) is 0 Å². The molecule has 209 valence electrons. The highest BCUT2D eigenvalue weighted by molar-refractivity contribution is 7.89. The zero-order valence-corrected chi connectivity index (χ0v) is 24.7. The summed E-state index contributed by atoms with van der Waals surface area (Å²) in [6.45, 7) is 9.86.